The lowest BCUT2D eigenvalue weighted by atomic mass is 10.1. The summed E-state index contributed by atoms with van der Waals surface area (Å²) in [5.41, 5.74) is 1.74. The third-order valence-corrected chi connectivity index (χ3v) is 7.38. The summed E-state index contributed by atoms with van der Waals surface area (Å²) >= 11 is 0. The van der Waals surface area contributed by atoms with Crippen molar-refractivity contribution in [2.75, 3.05) is 18.5 Å². The molecule has 0 saturated carbocycles. The summed E-state index contributed by atoms with van der Waals surface area (Å²) in [4.78, 5) is 38.0. The summed E-state index contributed by atoms with van der Waals surface area (Å²) in [5, 5.41) is 6.47. The summed E-state index contributed by atoms with van der Waals surface area (Å²) in [6, 6.07) is 7.29. The zero-order chi connectivity index (χ0) is 17.2. The van der Waals surface area contributed by atoms with Gasteiger partial charge in [0, 0.05) is 25.7 Å². The van der Waals surface area contributed by atoms with E-state index in [9.17, 15) is 14.2 Å². The van der Waals surface area contributed by atoms with Crippen LogP contribution in [-0.2, 0) is 15.6 Å². The van der Waals surface area contributed by atoms with Crippen molar-refractivity contribution in [1.82, 2.24) is 0 Å². The smallest absolute Gasteiger partial charge is 0.369 e. The molecule has 1 rings (SSSR count). The fourth-order valence-corrected chi connectivity index (χ4v) is 4.22. The van der Waals surface area contributed by atoms with Crippen LogP contribution in [0.15, 0.2) is 24.3 Å². The molecule has 0 bridgehead atoms. The van der Waals surface area contributed by atoms with Gasteiger partial charge in [-0.2, -0.15) is 0 Å². The van der Waals surface area contributed by atoms with Gasteiger partial charge in [-0.3, -0.25) is 9.13 Å². The second-order valence-corrected chi connectivity index (χ2v) is 9.02. The molecule has 0 aliphatic carbocycles. The van der Waals surface area contributed by atoms with Gasteiger partial charge in [-0.1, -0.05) is 25.1 Å². The molecule has 0 aliphatic rings. The summed E-state index contributed by atoms with van der Waals surface area (Å²) in [6.07, 6.45) is -0.0438. The number of aryl methyl sites for hydroxylation is 1. The van der Waals surface area contributed by atoms with Crippen LogP contribution < -0.4 is 4.90 Å². The van der Waals surface area contributed by atoms with Crippen molar-refractivity contribution in [2.45, 2.75) is 24.8 Å². The number of benzene rings is 1. The highest BCUT2D eigenvalue weighted by Gasteiger charge is 2.58. The molecule has 1 aromatic rings. The molecule has 0 atom stereocenters. The number of anilines is 1. The van der Waals surface area contributed by atoms with E-state index in [1.54, 1.807) is 24.1 Å². The number of aliphatic hydroxyl groups is 1. The lowest BCUT2D eigenvalue weighted by Gasteiger charge is -2.31. The topological polar surface area (TPSA) is 139 Å². The Morgan fingerprint density at radius 1 is 1.09 bits per heavy atom. The quantitative estimate of drug-likeness (QED) is 0.459. The first-order valence-corrected chi connectivity index (χ1v) is 9.79. The largest absolute Gasteiger partial charge is 0.374 e. The van der Waals surface area contributed by atoms with Crippen molar-refractivity contribution in [3.8, 4) is 0 Å². The maximum Gasteiger partial charge on any atom is 0.369 e. The molecule has 0 fully saturated rings. The molecule has 0 heterocycles. The van der Waals surface area contributed by atoms with E-state index >= 15 is 0 Å². The fraction of sp³-hybridized carbons (Fsp3) is 0.500. The third-order valence-electron chi connectivity index (χ3n) is 3.50. The summed E-state index contributed by atoms with van der Waals surface area (Å²) in [6.45, 7) is 1.80. The molecule has 0 saturated heterocycles. The van der Waals surface area contributed by atoms with Crippen LogP contribution in [0.4, 0.5) is 5.69 Å². The average Bonchev–Trinajstić information content (AvgIpc) is 2.41. The lowest BCUT2D eigenvalue weighted by molar-refractivity contribution is 0.125. The van der Waals surface area contributed by atoms with Gasteiger partial charge in [-0.25, -0.2) is 0 Å². The monoisotopic (exact) mass is 353 g/mol. The van der Waals surface area contributed by atoms with E-state index in [1.165, 1.54) is 0 Å². The van der Waals surface area contributed by atoms with Crippen LogP contribution in [0.5, 0.6) is 0 Å². The molecule has 22 heavy (non-hydrogen) atoms. The molecule has 0 unspecified atom stereocenters. The maximum absolute atomic E-state index is 11.3. The second-order valence-electron chi connectivity index (χ2n) is 5.02. The Bertz CT molecular complexity index is 587. The van der Waals surface area contributed by atoms with E-state index in [2.05, 4.69) is 0 Å². The van der Waals surface area contributed by atoms with Crippen LogP contribution in [0.1, 0.15) is 18.9 Å². The molecule has 0 aromatic heterocycles. The first-order chi connectivity index (χ1) is 9.94. The van der Waals surface area contributed by atoms with Crippen molar-refractivity contribution < 1.29 is 33.8 Å². The number of hydrogen-bond acceptors (Lipinski definition) is 4. The third kappa shape index (κ3) is 3.97. The first kappa shape index (κ1) is 19.3. The van der Waals surface area contributed by atoms with Gasteiger partial charge in [0.25, 0.3) is 5.08 Å². The number of hydrogen-bond donors (Lipinski definition) is 5. The minimum Gasteiger partial charge on any atom is -0.374 e. The van der Waals surface area contributed by atoms with Crippen molar-refractivity contribution in [3.05, 3.63) is 29.8 Å². The highest BCUT2D eigenvalue weighted by atomic mass is 31.2. The average molecular weight is 353 g/mol. The van der Waals surface area contributed by atoms with Gasteiger partial charge in [0.1, 0.15) is 0 Å². The van der Waals surface area contributed by atoms with E-state index < -0.39 is 26.7 Å². The van der Waals surface area contributed by atoms with Gasteiger partial charge in [0.2, 0.25) is 0 Å². The zero-order valence-corrected chi connectivity index (χ0v) is 14.1. The van der Waals surface area contributed by atoms with E-state index in [0.29, 0.717) is 0 Å². The van der Waals surface area contributed by atoms with Gasteiger partial charge in [0.05, 0.1) is 0 Å². The van der Waals surface area contributed by atoms with E-state index in [1.807, 2.05) is 19.1 Å². The first-order valence-electron chi connectivity index (χ1n) is 6.56. The molecule has 10 heteroatoms. The van der Waals surface area contributed by atoms with Crippen LogP contribution in [0.25, 0.3) is 0 Å². The van der Waals surface area contributed by atoms with E-state index in [0.717, 1.165) is 17.7 Å². The standard InChI is InChI=1S/C12H21NO7P2/c1-3-10-6-4-5-7-11(10)13(2)9-8-12(14,21(15,16)17)22(18,19)20/h4-7,14H,3,8-9H2,1-2H3,(H2,15,16,17)(H2,18,19,20). The Hall–Kier alpha value is -0.720. The molecule has 5 N–H and O–H groups in total. The second kappa shape index (κ2) is 6.81. The highest BCUT2D eigenvalue weighted by molar-refractivity contribution is 7.72. The van der Waals surface area contributed by atoms with Crippen LogP contribution in [0.2, 0.25) is 0 Å². The van der Waals surface area contributed by atoms with Crippen molar-refractivity contribution in [3.63, 3.8) is 0 Å². The van der Waals surface area contributed by atoms with Crippen LogP contribution in [0, 0.1) is 0 Å². The van der Waals surface area contributed by atoms with Crippen molar-refractivity contribution >= 4 is 20.9 Å². The minimum atomic E-state index is -5.41. The van der Waals surface area contributed by atoms with Gasteiger partial charge >= 0.3 is 15.2 Å². The molecular formula is C12H21NO7P2. The van der Waals surface area contributed by atoms with Gasteiger partial charge < -0.3 is 29.6 Å². The summed E-state index contributed by atoms with van der Waals surface area (Å²) in [7, 11) is -9.20. The van der Waals surface area contributed by atoms with Gasteiger partial charge in [-0.15, -0.1) is 0 Å². The van der Waals surface area contributed by atoms with Crippen molar-refractivity contribution in [2.24, 2.45) is 0 Å². The van der Waals surface area contributed by atoms with E-state index in [-0.39, 0.29) is 6.54 Å². The zero-order valence-electron chi connectivity index (χ0n) is 12.3. The number of rotatable bonds is 7. The van der Waals surface area contributed by atoms with Crippen LogP contribution in [-0.4, -0.2) is 43.4 Å². The molecule has 1 aromatic carbocycles. The Kier molecular flexibility index (Phi) is 5.98. The Morgan fingerprint density at radius 2 is 1.59 bits per heavy atom. The SMILES string of the molecule is CCc1ccccc1N(C)CCC(O)(P(=O)(O)O)P(=O)(O)O. The fourth-order valence-electron chi connectivity index (χ4n) is 2.08. The highest BCUT2D eigenvalue weighted by Crippen LogP contribution is 2.68. The van der Waals surface area contributed by atoms with Crippen LogP contribution in [0.3, 0.4) is 0 Å². The molecule has 126 valence electrons. The predicted molar refractivity (Wildman–Crippen MR) is 82.7 cm³/mol. The van der Waals surface area contributed by atoms with Crippen molar-refractivity contribution in [1.29, 1.82) is 0 Å². The number of para-hydroxylation sites is 1. The predicted octanol–water partition coefficient (Wildman–Crippen LogP) is 1.08. The lowest BCUT2D eigenvalue weighted by Crippen LogP contribution is -2.34. The minimum absolute atomic E-state index is 0.135. The Morgan fingerprint density at radius 3 is 2.05 bits per heavy atom. The van der Waals surface area contributed by atoms with Gasteiger partial charge in [0.15, 0.2) is 0 Å². The molecule has 0 aliphatic heterocycles. The molecule has 0 radical (unpaired) electrons. The maximum atomic E-state index is 11.3. The molecule has 0 spiro atoms. The number of nitrogens with zero attached hydrogens (tertiary/aromatic N) is 1. The normalized spacial score (nSPS) is 13.2. The molecule has 8 nitrogen and oxygen atoms in total. The van der Waals surface area contributed by atoms with Crippen LogP contribution >= 0.6 is 15.2 Å². The summed E-state index contributed by atoms with van der Waals surface area (Å²) in [5.74, 6) is 0. The summed E-state index contributed by atoms with van der Waals surface area (Å²) < 4.78 is 22.6. The molecule has 0 amide bonds. The van der Waals surface area contributed by atoms with Gasteiger partial charge in [-0.05, 0) is 18.1 Å². The Labute approximate surface area is 128 Å². The van der Waals surface area contributed by atoms with E-state index in [4.69, 9.17) is 19.6 Å². The Balaban J connectivity index is 3.00. The molecular weight excluding hydrogens is 332 g/mol.